The first-order valence-corrected chi connectivity index (χ1v) is 10.7. The standard InChI is InChI=1S/C21H28N2O3S/c1-5-6-17-7-9-18(10-8-17)21(15(2)3)23-27(25,26)20-13-11-19(12-14-20)22-16(4)24/h7-15,21,23H,5-6H2,1-4H3,(H,22,24)/t21-/m1/s1. The van der Waals surface area contributed by atoms with Crippen LogP contribution in [0.4, 0.5) is 5.69 Å². The summed E-state index contributed by atoms with van der Waals surface area (Å²) >= 11 is 0. The molecule has 0 aliphatic heterocycles. The summed E-state index contributed by atoms with van der Waals surface area (Å²) in [5.74, 6) is -0.106. The molecule has 0 bridgehead atoms. The Bertz CT molecular complexity index is 857. The monoisotopic (exact) mass is 388 g/mol. The number of hydrogen-bond donors (Lipinski definition) is 2. The van der Waals surface area contributed by atoms with E-state index in [0.29, 0.717) is 5.69 Å². The third-order valence-corrected chi connectivity index (χ3v) is 5.77. The molecule has 2 aromatic rings. The molecule has 0 saturated carbocycles. The Morgan fingerprint density at radius 2 is 1.59 bits per heavy atom. The molecule has 1 amide bonds. The van der Waals surface area contributed by atoms with E-state index >= 15 is 0 Å². The SMILES string of the molecule is CCCc1ccc([C@H](NS(=O)(=O)c2ccc(NC(C)=O)cc2)C(C)C)cc1. The number of benzene rings is 2. The third-order valence-electron chi connectivity index (χ3n) is 4.31. The fourth-order valence-electron chi connectivity index (χ4n) is 2.93. The minimum atomic E-state index is -3.68. The fourth-order valence-corrected chi connectivity index (χ4v) is 4.30. The zero-order chi connectivity index (χ0) is 20.0. The Balaban J connectivity index is 2.22. The van der Waals surface area contributed by atoms with Gasteiger partial charge in [-0.15, -0.1) is 0 Å². The van der Waals surface area contributed by atoms with E-state index in [1.807, 2.05) is 26.0 Å². The van der Waals surface area contributed by atoms with Crippen molar-refractivity contribution in [1.82, 2.24) is 4.72 Å². The second-order valence-corrected chi connectivity index (χ2v) is 8.75. The number of anilines is 1. The predicted octanol–water partition coefficient (Wildman–Crippen LogP) is 4.27. The minimum absolute atomic E-state index is 0.0930. The number of rotatable bonds is 8. The van der Waals surface area contributed by atoms with Crippen LogP contribution in [-0.2, 0) is 21.2 Å². The quantitative estimate of drug-likeness (QED) is 0.709. The highest BCUT2D eigenvalue weighted by atomic mass is 32.2. The van der Waals surface area contributed by atoms with Crippen molar-refractivity contribution in [2.24, 2.45) is 5.92 Å². The zero-order valence-electron chi connectivity index (χ0n) is 16.3. The second kappa shape index (κ2) is 9.15. The van der Waals surface area contributed by atoms with Crippen molar-refractivity contribution in [3.8, 4) is 0 Å². The van der Waals surface area contributed by atoms with Crippen LogP contribution in [0.1, 0.15) is 51.3 Å². The minimum Gasteiger partial charge on any atom is -0.326 e. The first kappa shape index (κ1) is 21.1. The lowest BCUT2D eigenvalue weighted by Gasteiger charge is -2.23. The van der Waals surface area contributed by atoms with Crippen LogP contribution in [0.3, 0.4) is 0 Å². The number of sulfonamides is 1. The average Bonchev–Trinajstić information content (AvgIpc) is 2.60. The summed E-state index contributed by atoms with van der Waals surface area (Å²) in [6.07, 6.45) is 2.09. The molecule has 0 spiro atoms. The van der Waals surface area contributed by atoms with E-state index in [1.54, 1.807) is 12.1 Å². The number of hydrogen-bond acceptors (Lipinski definition) is 3. The molecular weight excluding hydrogens is 360 g/mol. The molecule has 5 nitrogen and oxygen atoms in total. The number of carbonyl (C=O) groups is 1. The molecule has 2 rings (SSSR count). The van der Waals surface area contributed by atoms with Crippen LogP contribution >= 0.6 is 0 Å². The first-order valence-electron chi connectivity index (χ1n) is 9.21. The summed E-state index contributed by atoms with van der Waals surface area (Å²) in [5.41, 5.74) is 2.76. The lowest BCUT2D eigenvalue weighted by molar-refractivity contribution is -0.114. The van der Waals surface area contributed by atoms with Crippen molar-refractivity contribution in [2.45, 2.75) is 51.5 Å². The van der Waals surface area contributed by atoms with Gasteiger partial charge < -0.3 is 5.32 Å². The molecule has 0 aliphatic carbocycles. The fraction of sp³-hybridized carbons (Fsp3) is 0.381. The molecule has 0 unspecified atom stereocenters. The summed E-state index contributed by atoms with van der Waals surface area (Å²) in [6, 6.07) is 14.0. The summed E-state index contributed by atoms with van der Waals surface area (Å²) in [5, 5.41) is 2.63. The molecule has 2 aromatic carbocycles. The Hall–Kier alpha value is -2.18. The van der Waals surface area contributed by atoms with Gasteiger partial charge in [-0.3, -0.25) is 4.79 Å². The molecule has 0 saturated heterocycles. The molecule has 0 fully saturated rings. The first-order chi connectivity index (χ1) is 12.7. The Morgan fingerprint density at radius 1 is 1.00 bits per heavy atom. The Kier molecular flexibility index (Phi) is 7.16. The molecule has 27 heavy (non-hydrogen) atoms. The van der Waals surface area contributed by atoms with E-state index in [0.717, 1.165) is 18.4 Å². The Labute approximate surface area is 162 Å². The van der Waals surface area contributed by atoms with Crippen LogP contribution in [0.25, 0.3) is 0 Å². The van der Waals surface area contributed by atoms with E-state index in [2.05, 4.69) is 29.1 Å². The van der Waals surface area contributed by atoms with Crippen LogP contribution in [0.5, 0.6) is 0 Å². The van der Waals surface area contributed by atoms with Crippen molar-refractivity contribution < 1.29 is 13.2 Å². The highest BCUT2D eigenvalue weighted by Gasteiger charge is 2.24. The third kappa shape index (κ3) is 5.91. The van der Waals surface area contributed by atoms with Gasteiger partial charge in [0.1, 0.15) is 0 Å². The van der Waals surface area contributed by atoms with Crippen molar-refractivity contribution in [1.29, 1.82) is 0 Å². The maximum absolute atomic E-state index is 12.8. The normalized spacial score (nSPS) is 12.8. The van der Waals surface area contributed by atoms with Crippen LogP contribution in [0.2, 0.25) is 0 Å². The maximum atomic E-state index is 12.8. The van der Waals surface area contributed by atoms with Gasteiger partial charge in [0.2, 0.25) is 15.9 Å². The van der Waals surface area contributed by atoms with Gasteiger partial charge in [0.15, 0.2) is 0 Å². The number of carbonyl (C=O) groups excluding carboxylic acids is 1. The summed E-state index contributed by atoms with van der Waals surface area (Å²) in [4.78, 5) is 11.3. The van der Waals surface area contributed by atoms with Gasteiger partial charge in [-0.1, -0.05) is 51.5 Å². The predicted molar refractivity (Wildman–Crippen MR) is 109 cm³/mol. The lowest BCUT2D eigenvalue weighted by atomic mass is 9.95. The molecule has 0 aliphatic rings. The Morgan fingerprint density at radius 3 is 2.07 bits per heavy atom. The summed E-state index contributed by atoms with van der Waals surface area (Å²) in [7, 11) is -3.68. The molecule has 0 heterocycles. The van der Waals surface area contributed by atoms with Crippen LogP contribution in [0, 0.1) is 5.92 Å². The highest BCUT2D eigenvalue weighted by Crippen LogP contribution is 2.25. The summed E-state index contributed by atoms with van der Waals surface area (Å²) < 4.78 is 28.5. The molecule has 2 N–H and O–H groups in total. The van der Waals surface area contributed by atoms with Gasteiger partial charge in [-0.2, -0.15) is 0 Å². The molecule has 1 atom stereocenters. The van der Waals surface area contributed by atoms with Crippen LogP contribution in [0.15, 0.2) is 53.4 Å². The van der Waals surface area contributed by atoms with Gasteiger partial charge >= 0.3 is 0 Å². The van der Waals surface area contributed by atoms with Crippen molar-refractivity contribution in [3.05, 3.63) is 59.7 Å². The van der Waals surface area contributed by atoms with Crippen LogP contribution in [-0.4, -0.2) is 14.3 Å². The molecule has 0 radical (unpaired) electrons. The van der Waals surface area contributed by atoms with Gasteiger partial charge in [0.25, 0.3) is 0 Å². The molecule has 6 heteroatoms. The van der Waals surface area contributed by atoms with E-state index in [9.17, 15) is 13.2 Å². The number of aryl methyl sites for hydroxylation is 1. The zero-order valence-corrected chi connectivity index (χ0v) is 17.1. The van der Waals surface area contributed by atoms with Crippen molar-refractivity contribution in [3.63, 3.8) is 0 Å². The van der Waals surface area contributed by atoms with E-state index in [4.69, 9.17) is 0 Å². The van der Waals surface area contributed by atoms with Gasteiger partial charge in [-0.05, 0) is 47.7 Å². The van der Waals surface area contributed by atoms with Gasteiger partial charge in [0.05, 0.1) is 4.90 Å². The van der Waals surface area contributed by atoms with Crippen LogP contribution < -0.4 is 10.0 Å². The van der Waals surface area contributed by atoms with Crippen molar-refractivity contribution >= 4 is 21.6 Å². The highest BCUT2D eigenvalue weighted by molar-refractivity contribution is 7.89. The maximum Gasteiger partial charge on any atom is 0.241 e. The average molecular weight is 389 g/mol. The smallest absolute Gasteiger partial charge is 0.241 e. The van der Waals surface area contributed by atoms with Gasteiger partial charge in [-0.25, -0.2) is 13.1 Å². The van der Waals surface area contributed by atoms with E-state index in [1.165, 1.54) is 24.6 Å². The van der Waals surface area contributed by atoms with Crippen molar-refractivity contribution in [2.75, 3.05) is 5.32 Å². The molecular formula is C21H28N2O3S. The molecule has 146 valence electrons. The largest absolute Gasteiger partial charge is 0.326 e. The number of nitrogens with one attached hydrogen (secondary N) is 2. The lowest BCUT2D eigenvalue weighted by Crippen LogP contribution is -2.31. The number of amides is 1. The topological polar surface area (TPSA) is 75.3 Å². The van der Waals surface area contributed by atoms with E-state index in [-0.39, 0.29) is 22.8 Å². The second-order valence-electron chi connectivity index (χ2n) is 7.04. The van der Waals surface area contributed by atoms with Gasteiger partial charge in [0, 0.05) is 18.7 Å². The van der Waals surface area contributed by atoms with E-state index < -0.39 is 10.0 Å². The molecule has 0 aromatic heterocycles. The summed E-state index contributed by atoms with van der Waals surface area (Å²) in [6.45, 7) is 7.53.